The zero-order valence-electron chi connectivity index (χ0n) is 75.8. The van der Waals surface area contributed by atoms with Crippen LogP contribution in [0.5, 0.6) is 11.5 Å². The van der Waals surface area contributed by atoms with Crippen LogP contribution in [0, 0.1) is 0 Å². The van der Waals surface area contributed by atoms with E-state index in [-0.39, 0.29) is 71.5 Å². The predicted octanol–water partition coefficient (Wildman–Crippen LogP) is 19.0. The summed E-state index contributed by atoms with van der Waals surface area (Å²) in [5.41, 5.74) is 3.40. The molecular weight excluding hydrogens is 1670 g/mol. The number of halogens is 1. The second kappa shape index (κ2) is 47.0. The topological polar surface area (TPSA) is 84.8 Å². The van der Waals surface area contributed by atoms with Crippen LogP contribution in [-0.2, 0) is 30.9 Å². The third-order valence-corrected chi connectivity index (χ3v) is 47.4. The van der Waals surface area contributed by atoms with Gasteiger partial charge < -0.3 is 42.0 Å². The molecule has 0 bridgehead atoms. The van der Waals surface area contributed by atoms with Gasteiger partial charge in [0.2, 0.25) is 0 Å². The summed E-state index contributed by atoms with van der Waals surface area (Å²) in [5, 5.41) is 13.7. The molecule has 12 aromatic rings. The van der Waals surface area contributed by atoms with Gasteiger partial charge in [-0.2, -0.15) is 0 Å². The van der Waals surface area contributed by atoms with E-state index in [1.165, 1.54) is 47.1 Å². The molecule has 0 aliphatic carbocycles. The molecule has 0 saturated carbocycles. The van der Waals surface area contributed by atoms with Crippen molar-refractivity contribution in [3.63, 3.8) is 0 Å². The summed E-state index contributed by atoms with van der Waals surface area (Å²) in [4.78, 5) is 2.42. The van der Waals surface area contributed by atoms with E-state index >= 15 is 0 Å². The maximum absolute atomic E-state index is 7.43. The molecule has 0 heterocycles. The Morgan fingerprint density at radius 2 is 0.521 bits per heavy atom. The van der Waals surface area contributed by atoms with Crippen molar-refractivity contribution in [2.45, 2.75) is 156 Å². The van der Waals surface area contributed by atoms with E-state index < -0.39 is 49.7 Å². The third-order valence-electron chi connectivity index (χ3n) is 21.4. The molecule has 0 aliphatic rings. The van der Waals surface area contributed by atoms with Crippen molar-refractivity contribution in [1.82, 2.24) is 5.32 Å². The van der Waals surface area contributed by atoms with Gasteiger partial charge >= 0.3 is 51.4 Å². The Morgan fingerprint density at radius 3 is 0.752 bits per heavy atom. The normalized spacial score (nSPS) is 12.2. The van der Waals surface area contributed by atoms with Gasteiger partial charge in [0.05, 0.1) is 13.2 Å². The van der Waals surface area contributed by atoms with Gasteiger partial charge in [0.15, 0.2) is 0 Å². The van der Waals surface area contributed by atoms with Crippen molar-refractivity contribution in [3.05, 3.63) is 372 Å². The number of nitrogens with zero attached hydrogens (tertiary/aromatic N) is 2. The SMILES string of the molecule is Brc1cccc(OCc2ccccc2)c1.CC(C)(C)[Si](OCCN(CCO[Si](c1ccccc1)(c1ccccc1)C(C)(C)C)c1cccc(OCc2ccccc2)c1)(c1ccccc1)c1ccccc1.CC(C)(C)[Si](OCCNCCO[Si](c1ccccc1)(c1ccccc1)C(C)(C)C)(c1ccccc1)c1ccccc1.C[Si](C)(C)[N-][Si](C)(C)C.[K+]. The average Bonchev–Trinajstić information content (AvgIpc) is 0.763. The third kappa shape index (κ3) is 28.1. The van der Waals surface area contributed by atoms with Crippen molar-refractivity contribution < 1.29 is 78.6 Å². The number of anilines is 1. The molecule has 12 aromatic carbocycles. The second-order valence-electron chi connectivity index (χ2n) is 36.7. The van der Waals surface area contributed by atoms with Crippen LogP contribution in [0.1, 0.15) is 94.2 Å². The van der Waals surface area contributed by atoms with Crippen LogP contribution in [-0.4, -0.2) is 102 Å². The molecule has 0 spiro atoms. The first-order chi connectivity index (χ1) is 57.2. The number of benzene rings is 12. The van der Waals surface area contributed by atoms with Gasteiger partial charge in [0, 0.05) is 55.6 Å². The Balaban J connectivity index is 0.000000239. The fraction of sp³-hybridized carbons (Fsp3) is 0.308. The monoisotopic (exact) mass is 1810 g/mol. The molecule has 121 heavy (non-hydrogen) atoms. The Kier molecular flexibility index (Phi) is 38.7. The summed E-state index contributed by atoms with van der Waals surface area (Å²) in [6, 6.07) is 124. The van der Waals surface area contributed by atoms with Crippen LogP contribution in [0.15, 0.2) is 356 Å². The first kappa shape index (κ1) is 99.6. The smallest absolute Gasteiger partial charge is 0.668 e. The van der Waals surface area contributed by atoms with E-state index in [2.05, 4.69) is 446 Å². The molecule has 0 atom stereocenters. The van der Waals surface area contributed by atoms with E-state index in [4.69, 9.17) is 31.8 Å². The summed E-state index contributed by atoms with van der Waals surface area (Å²) in [6.07, 6.45) is 0. The summed E-state index contributed by atoms with van der Waals surface area (Å²) in [7, 11) is -12.7. The van der Waals surface area contributed by atoms with Gasteiger partial charge in [-0.25, -0.2) is 0 Å². The van der Waals surface area contributed by atoms with Crippen molar-refractivity contribution in [2.24, 2.45) is 0 Å². The van der Waals surface area contributed by atoms with Crippen molar-refractivity contribution in [2.75, 3.05) is 57.5 Å². The van der Waals surface area contributed by atoms with Gasteiger partial charge in [-0.1, -0.05) is 470 Å². The van der Waals surface area contributed by atoms with Crippen LogP contribution >= 0.6 is 15.9 Å². The maximum Gasteiger partial charge on any atom is 1.00 e. The van der Waals surface area contributed by atoms with E-state index in [9.17, 15) is 0 Å². The first-order valence-corrected chi connectivity index (χ1v) is 57.9. The van der Waals surface area contributed by atoms with Crippen LogP contribution in [0.4, 0.5) is 5.69 Å². The molecule has 0 amide bonds. The Morgan fingerprint density at radius 1 is 0.289 bits per heavy atom. The van der Waals surface area contributed by atoms with Crippen LogP contribution in [0.25, 0.3) is 4.65 Å². The van der Waals surface area contributed by atoms with Gasteiger partial charge in [-0.05, 0) is 103 Å². The Bertz CT molecular complexity index is 4510. The standard InChI is InChI=1S/C49H57NO3Si2.C36H47NO2Si2.C13H11BrO.C6H18NSi2.K/c1-48(2,3)54(44-27-14-8-15-28-44,45-29-16-9-17-30-45)52-37-35-50(42-25-22-26-43(39-42)51-40-41-23-12-7-13-24-41)36-38-53-55(49(4,5)6,46-31-18-10-19-32-46)47-33-20-11-21-34-47;1-35(2,3)40(31-19-11-7-12-20-31,32-21-13-8-14-22-32)38-29-27-37-28-30-39-41(36(4,5)6,33-23-15-9-16-24-33)34-25-17-10-18-26-34;14-12-7-4-8-13(9-12)15-10-11-5-2-1-3-6-11;1-8(2,3)7-9(4,5)6;/h7-34,39H,35-38,40H2,1-6H3;7-26,37H,27-30H2,1-6H3;1-9H,10H2;1-6H3;/q;;;-1;+1. The second-order valence-corrected chi connectivity index (χ2v) is 64.5. The van der Waals surface area contributed by atoms with Gasteiger partial charge in [-0.15, -0.1) is 0 Å². The summed E-state index contributed by atoms with van der Waals surface area (Å²) < 4.78 is 46.8. The predicted molar refractivity (Wildman–Crippen MR) is 532 cm³/mol. The minimum absolute atomic E-state index is 0. The number of ether oxygens (including phenoxy) is 2. The summed E-state index contributed by atoms with van der Waals surface area (Å²) >= 11 is 3.41. The largest absolute Gasteiger partial charge is 1.00 e. The van der Waals surface area contributed by atoms with Crippen molar-refractivity contribution in [1.29, 1.82) is 0 Å². The molecule has 9 nitrogen and oxygen atoms in total. The first-order valence-electron chi connectivity index (χ1n) is 42.6. The molecule has 632 valence electrons. The quantitative estimate of drug-likeness (QED) is 0.0322. The molecule has 12 rings (SSSR count). The van der Waals surface area contributed by atoms with Crippen LogP contribution in [0.2, 0.25) is 59.4 Å². The zero-order valence-corrected chi connectivity index (χ0v) is 86.5. The van der Waals surface area contributed by atoms with E-state index in [0.717, 1.165) is 40.3 Å². The Labute approximate surface area is 785 Å². The fourth-order valence-electron chi connectivity index (χ4n) is 16.5. The number of rotatable bonds is 33. The van der Waals surface area contributed by atoms with E-state index in [0.29, 0.717) is 52.7 Å². The van der Waals surface area contributed by atoms with Crippen LogP contribution < -0.4 is 113 Å². The molecule has 0 radical (unpaired) electrons. The molecule has 0 saturated heterocycles. The van der Waals surface area contributed by atoms with Crippen molar-refractivity contribution in [3.8, 4) is 11.5 Å². The van der Waals surface area contributed by atoms with Crippen LogP contribution in [0.3, 0.4) is 0 Å². The number of nitrogens with one attached hydrogen (secondary N) is 1. The maximum atomic E-state index is 7.43. The summed E-state index contributed by atoms with van der Waals surface area (Å²) in [6.45, 7) is 48.2. The summed E-state index contributed by atoms with van der Waals surface area (Å²) in [5.74, 6) is 1.72. The minimum atomic E-state index is -2.73. The Hall–Kier alpha value is -6.78. The number of hydrogen-bond donors (Lipinski definition) is 1. The zero-order chi connectivity index (χ0) is 86.4. The van der Waals surface area contributed by atoms with E-state index in [1.54, 1.807) is 0 Å². The van der Waals surface area contributed by atoms with E-state index in [1.807, 2.05) is 54.6 Å². The molecule has 1 N–H and O–H groups in total. The molecular formula is C104H133BrKN3O6Si6. The molecule has 0 unspecified atom stereocenters. The van der Waals surface area contributed by atoms with Gasteiger partial charge in [0.25, 0.3) is 33.3 Å². The van der Waals surface area contributed by atoms with Crippen molar-refractivity contribution >= 4 is 113 Å². The van der Waals surface area contributed by atoms with Gasteiger partial charge in [0.1, 0.15) is 24.7 Å². The molecule has 17 heteroatoms. The molecule has 0 fully saturated rings. The molecule has 0 aliphatic heterocycles. The molecule has 0 aromatic heterocycles. The number of hydrogen-bond acceptors (Lipinski definition) is 8. The fourth-order valence-corrected chi connectivity index (χ4v) is 43.2. The van der Waals surface area contributed by atoms with Gasteiger partial charge in [-0.3, -0.25) is 0 Å². The minimum Gasteiger partial charge on any atom is -0.668 e. The average molecular weight is 1810 g/mol.